The number of carbonyl (C=O) groups is 4. The Balaban J connectivity index is 1.82. The highest BCUT2D eigenvalue weighted by molar-refractivity contribution is 5.87. The van der Waals surface area contributed by atoms with Gasteiger partial charge in [-0.05, 0) is 71.3 Å². The second-order valence-corrected chi connectivity index (χ2v) is 13.3. The lowest BCUT2D eigenvalue weighted by molar-refractivity contribution is -0.141. The number of piperidine rings is 2. The lowest BCUT2D eigenvalue weighted by Gasteiger charge is -2.35. The van der Waals surface area contributed by atoms with E-state index in [9.17, 15) is 23.6 Å². The van der Waals surface area contributed by atoms with Gasteiger partial charge < -0.3 is 38.8 Å². The Morgan fingerprint density at radius 3 is 2.33 bits per heavy atom. The molecule has 13 nitrogen and oxygen atoms in total. The summed E-state index contributed by atoms with van der Waals surface area (Å²) in [6, 6.07) is -0.746. The van der Waals surface area contributed by atoms with E-state index in [1.807, 2.05) is 20.8 Å². The van der Waals surface area contributed by atoms with Crippen molar-refractivity contribution in [3.63, 3.8) is 0 Å². The van der Waals surface area contributed by atoms with Crippen molar-refractivity contribution in [3.05, 3.63) is 24.1 Å². The standard InChI is InChI=1S/C35H57FN4O9/c1-26(23-37-24-27(2)48-21-20-47-19-18-46-17-13-36)30(22-32(42)45-6)38-33(43)29-8-7-14-40(25-29)31(41)10-9-28-11-15-39(16-12-28)34(44)49-35(3,4)5/h23-24,28-30H,1,7-22,25H2,2-6H3,(H,38,43)/b27-24+,37-23-/t29-,30+/m1/s1. The topological polar surface area (TPSA) is 145 Å². The van der Waals surface area contributed by atoms with Gasteiger partial charge in [0, 0.05) is 38.8 Å². The highest BCUT2D eigenvalue weighted by Crippen LogP contribution is 2.25. The summed E-state index contributed by atoms with van der Waals surface area (Å²) in [6.45, 7) is 14.2. The molecular formula is C35H57FN4O9. The molecule has 3 amide bonds. The molecule has 2 fully saturated rings. The van der Waals surface area contributed by atoms with Gasteiger partial charge in [0.05, 0.1) is 58.1 Å². The number of hydrogen-bond acceptors (Lipinski definition) is 10. The van der Waals surface area contributed by atoms with Gasteiger partial charge in [-0.15, -0.1) is 0 Å². The lowest BCUT2D eigenvalue weighted by Crippen LogP contribution is -2.48. The molecule has 14 heteroatoms. The molecular weight excluding hydrogens is 639 g/mol. The van der Waals surface area contributed by atoms with Crippen molar-refractivity contribution < 1.29 is 47.3 Å². The number of hydrogen-bond donors (Lipinski definition) is 1. The largest absolute Gasteiger partial charge is 0.494 e. The number of aliphatic imine (C=N–C) groups is 1. The minimum Gasteiger partial charge on any atom is -0.494 e. The molecule has 0 radical (unpaired) electrons. The lowest BCUT2D eigenvalue weighted by atomic mass is 9.91. The third kappa shape index (κ3) is 17.1. The summed E-state index contributed by atoms with van der Waals surface area (Å²) in [5, 5.41) is 2.92. The van der Waals surface area contributed by atoms with E-state index in [-0.39, 0.29) is 30.9 Å². The van der Waals surface area contributed by atoms with Crippen LogP contribution < -0.4 is 5.32 Å². The van der Waals surface area contributed by atoms with Crippen LogP contribution in [0, 0.1) is 11.8 Å². The second-order valence-electron chi connectivity index (χ2n) is 13.3. The van der Waals surface area contributed by atoms with Crippen molar-refractivity contribution in [2.75, 3.05) is 73.0 Å². The maximum absolute atomic E-state index is 13.4. The van der Waals surface area contributed by atoms with E-state index in [4.69, 9.17) is 23.7 Å². The highest BCUT2D eigenvalue weighted by atomic mass is 19.1. The Labute approximate surface area is 290 Å². The van der Waals surface area contributed by atoms with Crippen molar-refractivity contribution in [1.29, 1.82) is 0 Å². The second kappa shape index (κ2) is 22.2. The highest BCUT2D eigenvalue weighted by Gasteiger charge is 2.32. The monoisotopic (exact) mass is 696 g/mol. The Morgan fingerprint density at radius 2 is 1.67 bits per heavy atom. The Hall–Kier alpha value is -3.52. The zero-order valence-corrected chi connectivity index (χ0v) is 30.0. The zero-order valence-electron chi connectivity index (χ0n) is 30.0. The van der Waals surface area contributed by atoms with Crippen molar-refractivity contribution in [2.24, 2.45) is 16.8 Å². The van der Waals surface area contributed by atoms with Crippen LogP contribution in [0.2, 0.25) is 0 Å². The Morgan fingerprint density at radius 1 is 1.00 bits per heavy atom. The van der Waals surface area contributed by atoms with Crippen molar-refractivity contribution in [2.45, 2.75) is 84.3 Å². The number of allylic oxidation sites excluding steroid dienone is 1. The summed E-state index contributed by atoms with van der Waals surface area (Å²) in [4.78, 5) is 58.7. The SMILES string of the molecule is C=C(/C=N\C=C(/C)OCCOCCOCCF)[C@H](CC(=O)OC)NC(=O)[C@@H]1CCCN(C(=O)CCC2CCN(C(=O)OC(C)(C)C)CC2)C1. The van der Waals surface area contributed by atoms with E-state index < -0.39 is 30.2 Å². The molecule has 0 spiro atoms. The third-order valence-corrected chi connectivity index (χ3v) is 8.19. The van der Waals surface area contributed by atoms with E-state index in [0.717, 1.165) is 19.3 Å². The van der Waals surface area contributed by atoms with E-state index >= 15 is 0 Å². The number of nitrogens with one attached hydrogen (secondary N) is 1. The molecule has 0 saturated carbocycles. The normalized spacial score (nSPS) is 18.2. The smallest absolute Gasteiger partial charge is 0.410 e. The number of rotatable bonds is 19. The van der Waals surface area contributed by atoms with Crippen LogP contribution in [0.4, 0.5) is 9.18 Å². The van der Waals surface area contributed by atoms with Crippen LogP contribution >= 0.6 is 0 Å². The molecule has 2 rings (SSSR count). The molecule has 0 bridgehead atoms. The predicted molar refractivity (Wildman–Crippen MR) is 183 cm³/mol. The number of esters is 1. The number of halogens is 1. The third-order valence-electron chi connectivity index (χ3n) is 8.19. The summed E-state index contributed by atoms with van der Waals surface area (Å²) >= 11 is 0. The number of likely N-dealkylation sites (tertiary alicyclic amines) is 2. The molecule has 49 heavy (non-hydrogen) atoms. The molecule has 2 aliphatic rings. The van der Waals surface area contributed by atoms with Gasteiger partial charge in [0.1, 0.15) is 24.6 Å². The fourth-order valence-corrected chi connectivity index (χ4v) is 5.45. The number of ether oxygens (including phenoxy) is 5. The molecule has 2 heterocycles. The number of amides is 3. The first kappa shape index (κ1) is 41.7. The molecule has 2 saturated heterocycles. The summed E-state index contributed by atoms with van der Waals surface area (Å²) in [7, 11) is 1.28. The van der Waals surface area contributed by atoms with Gasteiger partial charge >= 0.3 is 12.1 Å². The quantitative estimate of drug-likeness (QED) is 0.0909. The molecule has 2 atom stereocenters. The Kier molecular flexibility index (Phi) is 18.9. The average Bonchev–Trinajstić information content (AvgIpc) is 3.07. The fourth-order valence-electron chi connectivity index (χ4n) is 5.45. The zero-order chi connectivity index (χ0) is 36.2. The van der Waals surface area contributed by atoms with E-state index in [2.05, 4.69) is 16.9 Å². The summed E-state index contributed by atoms with van der Waals surface area (Å²) < 4.78 is 38.2. The van der Waals surface area contributed by atoms with E-state index in [1.165, 1.54) is 19.5 Å². The predicted octanol–water partition coefficient (Wildman–Crippen LogP) is 4.21. The van der Waals surface area contributed by atoms with Crippen LogP contribution in [0.15, 0.2) is 29.1 Å². The molecule has 1 N–H and O–H groups in total. The molecule has 2 aliphatic heterocycles. The summed E-state index contributed by atoms with van der Waals surface area (Å²) in [5.74, 6) is -0.306. The van der Waals surface area contributed by atoms with Gasteiger partial charge in [0.15, 0.2) is 0 Å². The Bertz CT molecular complexity index is 1130. The fraction of sp³-hybridized carbons (Fsp3) is 0.743. The number of nitrogens with zero attached hydrogens (tertiary/aromatic N) is 3. The molecule has 0 unspecified atom stereocenters. The van der Waals surface area contributed by atoms with Crippen LogP contribution in [-0.4, -0.2) is 125 Å². The number of carbonyl (C=O) groups excluding carboxylic acids is 4. The minimum atomic E-state index is -0.746. The van der Waals surface area contributed by atoms with Gasteiger partial charge in [-0.1, -0.05) is 6.58 Å². The number of alkyl halides is 1. The van der Waals surface area contributed by atoms with Crippen molar-refractivity contribution in [3.8, 4) is 0 Å². The summed E-state index contributed by atoms with van der Waals surface area (Å²) in [6.07, 6.45) is 6.62. The molecule has 0 aromatic carbocycles. The van der Waals surface area contributed by atoms with Gasteiger partial charge in [0.2, 0.25) is 11.8 Å². The molecule has 0 aliphatic carbocycles. The molecule has 278 valence electrons. The first-order valence-corrected chi connectivity index (χ1v) is 17.2. The van der Waals surface area contributed by atoms with E-state index in [1.54, 1.807) is 16.7 Å². The average molecular weight is 697 g/mol. The summed E-state index contributed by atoms with van der Waals surface area (Å²) in [5.41, 5.74) is -0.130. The van der Waals surface area contributed by atoms with Crippen LogP contribution in [0.3, 0.4) is 0 Å². The van der Waals surface area contributed by atoms with Crippen LogP contribution in [0.25, 0.3) is 0 Å². The maximum Gasteiger partial charge on any atom is 0.410 e. The van der Waals surface area contributed by atoms with Crippen LogP contribution in [0.5, 0.6) is 0 Å². The van der Waals surface area contributed by atoms with Gasteiger partial charge in [-0.25, -0.2) is 9.18 Å². The van der Waals surface area contributed by atoms with Crippen LogP contribution in [0.1, 0.15) is 72.6 Å². The minimum absolute atomic E-state index is 0.0215. The van der Waals surface area contributed by atoms with Crippen molar-refractivity contribution in [1.82, 2.24) is 15.1 Å². The van der Waals surface area contributed by atoms with Gasteiger partial charge in [-0.3, -0.25) is 19.4 Å². The number of methoxy groups -OCH3 is 1. The maximum atomic E-state index is 13.4. The molecule has 0 aromatic rings. The van der Waals surface area contributed by atoms with Crippen molar-refractivity contribution >= 4 is 30.1 Å². The van der Waals surface area contributed by atoms with E-state index in [0.29, 0.717) is 89.1 Å². The van der Waals surface area contributed by atoms with Gasteiger partial charge in [-0.2, -0.15) is 0 Å². The molecule has 0 aromatic heterocycles. The van der Waals surface area contributed by atoms with Gasteiger partial charge in [0.25, 0.3) is 0 Å². The van der Waals surface area contributed by atoms with Crippen LogP contribution in [-0.2, 0) is 38.1 Å². The first-order valence-electron chi connectivity index (χ1n) is 17.2. The first-order chi connectivity index (χ1) is 23.3.